The predicted octanol–water partition coefficient (Wildman–Crippen LogP) is 2.38. The number of nitrogens with one attached hydrogen (secondary N) is 1. The van der Waals surface area contributed by atoms with Gasteiger partial charge in [-0.25, -0.2) is 0 Å². The summed E-state index contributed by atoms with van der Waals surface area (Å²) in [7, 11) is 0. The molecule has 21 heavy (non-hydrogen) atoms. The van der Waals surface area contributed by atoms with E-state index in [1.54, 1.807) is 0 Å². The third kappa shape index (κ3) is 2.67. The molecule has 1 amide bonds. The molecule has 0 unspecified atom stereocenters. The Morgan fingerprint density at radius 2 is 1.76 bits per heavy atom. The van der Waals surface area contributed by atoms with Gasteiger partial charge < -0.3 is 10.4 Å². The summed E-state index contributed by atoms with van der Waals surface area (Å²) in [6, 6.07) is 10.3. The Hall–Kier alpha value is -1.84. The molecule has 4 heteroatoms. The molecule has 0 aliphatic heterocycles. The first-order valence-electron chi connectivity index (χ1n) is 7.62. The number of amides is 1. The van der Waals surface area contributed by atoms with E-state index in [-0.39, 0.29) is 11.3 Å². The van der Waals surface area contributed by atoms with E-state index in [2.05, 4.69) is 17.4 Å². The van der Waals surface area contributed by atoms with E-state index < -0.39 is 11.4 Å². The highest BCUT2D eigenvalue weighted by molar-refractivity contribution is 6.04. The van der Waals surface area contributed by atoms with Crippen molar-refractivity contribution < 1.29 is 14.7 Å². The van der Waals surface area contributed by atoms with Gasteiger partial charge >= 0.3 is 5.97 Å². The maximum atomic E-state index is 12.1. The molecule has 3 rings (SSSR count). The Balaban J connectivity index is 1.60. The summed E-state index contributed by atoms with van der Waals surface area (Å²) in [6.45, 7) is 0.593. The number of aliphatic carboxylic acids is 1. The molecule has 1 aromatic rings. The lowest BCUT2D eigenvalue weighted by Gasteiger charge is -2.42. The smallest absolute Gasteiger partial charge is 0.319 e. The van der Waals surface area contributed by atoms with Crippen molar-refractivity contribution in [3.8, 4) is 0 Å². The van der Waals surface area contributed by atoms with Crippen molar-refractivity contribution in [2.75, 3.05) is 6.54 Å². The van der Waals surface area contributed by atoms with Crippen LogP contribution in [0, 0.1) is 10.8 Å². The molecule has 0 spiro atoms. The molecule has 4 nitrogen and oxygen atoms in total. The van der Waals surface area contributed by atoms with Crippen LogP contribution in [0.3, 0.4) is 0 Å². The third-order valence-electron chi connectivity index (χ3n) is 5.05. The Morgan fingerprint density at radius 1 is 1.10 bits per heavy atom. The highest BCUT2D eigenvalue weighted by atomic mass is 16.4. The van der Waals surface area contributed by atoms with Crippen LogP contribution < -0.4 is 5.32 Å². The summed E-state index contributed by atoms with van der Waals surface area (Å²) < 4.78 is 0. The molecule has 2 aliphatic carbocycles. The summed E-state index contributed by atoms with van der Waals surface area (Å²) in [5.41, 5.74) is 0.273. The van der Waals surface area contributed by atoms with Crippen molar-refractivity contribution in [3.05, 3.63) is 35.9 Å². The fourth-order valence-electron chi connectivity index (χ4n) is 3.22. The average molecular weight is 287 g/mol. The number of hydrogen-bond donors (Lipinski definition) is 2. The minimum atomic E-state index is -1.13. The zero-order chi connectivity index (χ0) is 14.9. The summed E-state index contributed by atoms with van der Waals surface area (Å²) >= 11 is 0. The fraction of sp³-hybridized carbons (Fsp3) is 0.529. The molecule has 0 bridgehead atoms. The predicted molar refractivity (Wildman–Crippen MR) is 78.7 cm³/mol. The molecule has 1 aromatic carbocycles. The van der Waals surface area contributed by atoms with E-state index in [0.29, 0.717) is 19.4 Å². The van der Waals surface area contributed by atoms with Gasteiger partial charge in [-0.05, 0) is 43.1 Å². The minimum Gasteiger partial charge on any atom is -0.480 e. The van der Waals surface area contributed by atoms with Crippen LogP contribution in [0.5, 0.6) is 0 Å². The number of carboxylic acids is 1. The van der Waals surface area contributed by atoms with Crippen molar-refractivity contribution in [2.45, 2.75) is 38.5 Å². The monoisotopic (exact) mass is 287 g/mol. The van der Waals surface area contributed by atoms with E-state index in [0.717, 1.165) is 19.3 Å². The molecule has 0 heterocycles. The topological polar surface area (TPSA) is 66.4 Å². The normalized spacial score (nSPS) is 21.1. The molecule has 2 fully saturated rings. The molecule has 0 aromatic heterocycles. The molecule has 2 aliphatic rings. The second-order valence-electron chi connectivity index (χ2n) is 6.59. The van der Waals surface area contributed by atoms with Gasteiger partial charge in [0.1, 0.15) is 5.41 Å². The fourth-order valence-corrected chi connectivity index (χ4v) is 3.22. The Labute approximate surface area is 124 Å². The summed E-state index contributed by atoms with van der Waals surface area (Å²) in [5.74, 6) is -1.28. The quantitative estimate of drug-likeness (QED) is 0.789. The number of carboxylic acid groups (broad SMARTS) is 1. The zero-order valence-electron chi connectivity index (χ0n) is 12.1. The number of benzene rings is 1. The van der Waals surface area contributed by atoms with Crippen LogP contribution in [0.1, 0.15) is 37.7 Å². The first-order valence-corrected chi connectivity index (χ1v) is 7.62. The summed E-state index contributed by atoms with van der Waals surface area (Å²) in [5, 5.41) is 12.1. The highest BCUT2D eigenvalue weighted by Gasteiger charge is 2.57. The summed E-state index contributed by atoms with van der Waals surface area (Å²) in [4.78, 5) is 23.3. The van der Waals surface area contributed by atoms with Gasteiger partial charge in [0.15, 0.2) is 0 Å². The standard InChI is InChI=1S/C17H21NO3/c19-14(17(9-10-17)15(20)21)18-12-16(7-4-8-16)11-13-5-2-1-3-6-13/h1-3,5-6H,4,7-12H2,(H,18,19)(H,20,21). The lowest BCUT2D eigenvalue weighted by Crippen LogP contribution is -2.47. The van der Waals surface area contributed by atoms with Gasteiger partial charge in [0.25, 0.3) is 0 Å². The van der Waals surface area contributed by atoms with Crippen LogP contribution in [0.15, 0.2) is 30.3 Å². The van der Waals surface area contributed by atoms with E-state index in [1.807, 2.05) is 18.2 Å². The van der Waals surface area contributed by atoms with Gasteiger partial charge in [0.05, 0.1) is 0 Å². The molecule has 2 saturated carbocycles. The van der Waals surface area contributed by atoms with Gasteiger partial charge in [-0.1, -0.05) is 36.8 Å². The highest BCUT2D eigenvalue weighted by Crippen LogP contribution is 2.47. The maximum absolute atomic E-state index is 12.1. The zero-order valence-corrected chi connectivity index (χ0v) is 12.1. The molecule has 112 valence electrons. The van der Waals surface area contributed by atoms with Gasteiger partial charge in [0, 0.05) is 6.54 Å². The van der Waals surface area contributed by atoms with Gasteiger partial charge in [-0.15, -0.1) is 0 Å². The van der Waals surface area contributed by atoms with Crippen LogP contribution in [-0.2, 0) is 16.0 Å². The molecule has 2 N–H and O–H groups in total. The van der Waals surface area contributed by atoms with Crippen molar-refractivity contribution in [1.29, 1.82) is 0 Å². The second-order valence-corrected chi connectivity index (χ2v) is 6.59. The van der Waals surface area contributed by atoms with Crippen molar-refractivity contribution in [3.63, 3.8) is 0 Å². The van der Waals surface area contributed by atoms with E-state index in [4.69, 9.17) is 5.11 Å². The SMILES string of the molecule is O=C(O)C1(C(=O)NCC2(Cc3ccccc3)CCC2)CC1. The largest absolute Gasteiger partial charge is 0.480 e. The Kier molecular flexibility index (Phi) is 3.47. The lowest BCUT2D eigenvalue weighted by atomic mass is 9.65. The third-order valence-corrected chi connectivity index (χ3v) is 5.05. The number of hydrogen-bond acceptors (Lipinski definition) is 2. The molecule has 0 radical (unpaired) electrons. The number of carbonyl (C=O) groups is 2. The molecule has 0 atom stereocenters. The van der Waals surface area contributed by atoms with E-state index in [1.165, 1.54) is 12.0 Å². The van der Waals surface area contributed by atoms with Crippen LogP contribution in [-0.4, -0.2) is 23.5 Å². The van der Waals surface area contributed by atoms with Crippen LogP contribution in [0.2, 0.25) is 0 Å². The van der Waals surface area contributed by atoms with Crippen LogP contribution >= 0.6 is 0 Å². The Bertz CT molecular complexity index is 544. The van der Waals surface area contributed by atoms with Crippen LogP contribution in [0.4, 0.5) is 0 Å². The van der Waals surface area contributed by atoms with Crippen molar-refractivity contribution >= 4 is 11.9 Å². The van der Waals surface area contributed by atoms with Gasteiger partial charge in [-0.2, -0.15) is 0 Å². The molecule has 0 saturated heterocycles. The average Bonchev–Trinajstić information content (AvgIpc) is 3.24. The molecular formula is C17H21NO3. The van der Waals surface area contributed by atoms with E-state index >= 15 is 0 Å². The maximum Gasteiger partial charge on any atom is 0.319 e. The van der Waals surface area contributed by atoms with Crippen molar-refractivity contribution in [1.82, 2.24) is 5.32 Å². The molecular weight excluding hydrogens is 266 g/mol. The van der Waals surface area contributed by atoms with Gasteiger partial charge in [-0.3, -0.25) is 9.59 Å². The lowest BCUT2D eigenvalue weighted by molar-refractivity contribution is -0.149. The minimum absolute atomic E-state index is 0.117. The second kappa shape index (κ2) is 5.17. The Morgan fingerprint density at radius 3 is 2.24 bits per heavy atom. The van der Waals surface area contributed by atoms with E-state index in [9.17, 15) is 9.59 Å². The van der Waals surface area contributed by atoms with Crippen LogP contribution in [0.25, 0.3) is 0 Å². The first kappa shape index (κ1) is 14.1. The van der Waals surface area contributed by atoms with Gasteiger partial charge in [0.2, 0.25) is 5.91 Å². The van der Waals surface area contributed by atoms with Crippen molar-refractivity contribution in [2.24, 2.45) is 10.8 Å². The number of rotatable bonds is 6. The summed E-state index contributed by atoms with van der Waals surface area (Å²) in [6.07, 6.45) is 5.28. The first-order chi connectivity index (χ1) is 10.1. The number of carbonyl (C=O) groups excluding carboxylic acids is 1.